The molecule has 2 N–H and O–H groups in total. The van der Waals surface area contributed by atoms with Crippen LogP contribution in [0.5, 0.6) is 0 Å². The SMILES string of the molecule is CCCN1C(=O)CCc2cc(CS(=O)(=O)Cc3ccc(Cl)cc3F)ccc21.CCCN1C(=O)CCc2cc(N)ccc21.O=S(=O)(Cl)Cc1ccc(Cl)cc1F. The van der Waals surface area contributed by atoms with E-state index in [2.05, 4.69) is 6.92 Å². The summed E-state index contributed by atoms with van der Waals surface area (Å²) in [5.41, 5.74) is 11.4. The molecule has 0 unspecified atom stereocenters. The van der Waals surface area contributed by atoms with Crippen molar-refractivity contribution < 1.29 is 35.2 Å². The number of benzene rings is 4. The average Bonchev–Trinajstić information content (AvgIpc) is 3.10. The van der Waals surface area contributed by atoms with E-state index in [4.69, 9.17) is 39.6 Å². The minimum absolute atomic E-state index is 0.0133. The number of carbonyl (C=O) groups is 2. The third-order valence-electron chi connectivity index (χ3n) is 8.66. The normalized spacial score (nSPS) is 13.9. The number of rotatable bonds is 10. The first kappa shape index (κ1) is 44.0. The van der Waals surface area contributed by atoms with Gasteiger partial charge in [0.2, 0.25) is 20.9 Å². The Morgan fingerprint density at radius 1 is 0.636 bits per heavy atom. The van der Waals surface area contributed by atoms with Crippen LogP contribution >= 0.6 is 33.9 Å². The van der Waals surface area contributed by atoms with Crippen LogP contribution in [0.4, 0.5) is 25.8 Å². The molecular weight excluding hydrogens is 815 g/mol. The number of fused-ring (bicyclic) bond motifs is 2. The Bertz CT molecular complexity index is 2260. The maximum atomic E-state index is 13.9. The van der Waals surface area contributed by atoms with Crippen LogP contribution in [-0.4, -0.2) is 41.7 Å². The third-order valence-corrected chi connectivity index (χ3v) is 11.6. The van der Waals surface area contributed by atoms with Gasteiger partial charge in [0.15, 0.2) is 9.84 Å². The summed E-state index contributed by atoms with van der Waals surface area (Å²) in [5, 5.41) is 0.447. The molecule has 2 heterocycles. The molecule has 2 amide bonds. The summed E-state index contributed by atoms with van der Waals surface area (Å²) in [4.78, 5) is 27.5. The summed E-state index contributed by atoms with van der Waals surface area (Å²) in [6.07, 6.45) is 4.30. The van der Waals surface area contributed by atoms with E-state index < -0.39 is 36.3 Å². The van der Waals surface area contributed by atoms with Crippen LogP contribution in [-0.2, 0) is 58.6 Å². The minimum atomic E-state index is -3.72. The Morgan fingerprint density at radius 2 is 1.11 bits per heavy atom. The van der Waals surface area contributed by atoms with Gasteiger partial charge in [0.1, 0.15) is 11.6 Å². The number of aryl methyl sites for hydroxylation is 2. The summed E-state index contributed by atoms with van der Waals surface area (Å²) in [6, 6.07) is 18.9. The maximum absolute atomic E-state index is 13.9. The second kappa shape index (κ2) is 19.4. The monoisotopic (exact) mass is 855 g/mol. The molecule has 0 fully saturated rings. The topological polar surface area (TPSA) is 135 Å². The summed E-state index contributed by atoms with van der Waals surface area (Å²) < 4.78 is 73.1. The van der Waals surface area contributed by atoms with Gasteiger partial charge >= 0.3 is 0 Å². The average molecular weight is 857 g/mol. The van der Waals surface area contributed by atoms with Gasteiger partial charge in [0, 0.05) is 74.8 Å². The van der Waals surface area contributed by atoms with E-state index >= 15 is 0 Å². The molecule has 16 heteroatoms. The zero-order valence-electron chi connectivity index (χ0n) is 30.3. The Kier molecular flexibility index (Phi) is 15.5. The largest absolute Gasteiger partial charge is 0.399 e. The number of anilines is 3. The van der Waals surface area contributed by atoms with Crippen LogP contribution < -0.4 is 15.5 Å². The fourth-order valence-corrected chi connectivity index (χ4v) is 9.00. The van der Waals surface area contributed by atoms with Crippen LogP contribution in [0.25, 0.3) is 0 Å². The predicted molar refractivity (Wildman–Crippen MR) is 217 cm³/mol. The van der Waals surface area contributed by atoms with Gasteiger partial charge in [-0.2, -0.15) is 0 Å². The molecule has 0 aromatic heterocycles. The Labute approximate surface area is 335 Å². The molecule has 296 valence electrons. The van der Waals surface area contributed by atoms with E-state index in [-0.39, 0.29) is 44.5 Å². The Hall–Kier alpha value is -3.75. The molecule has 0 saturated carbocycles. The minimum Gasteiger partial charge on any atom is -0.399 e. The fraction of sp³-hybridized carbons (Fsp3) is 0.333. The summed E-state index contributed by atoms with van der Waals surface area (Å²) in [7, 11) is -2.32. The van der Waals surface area contributed by atoms with Crippen LogP contribution in [0.15, 0.2) is 72.8 Å². The van der Waals surface area contributed by atoms with Crippen LogP contribution in [0.1, 0.15) is 67.3 Å². The first-order valence-electron chi connectivity index (χ1n) is 17.5. The second-order valence-electron chi connectivity index (χ2n) is 13.1. The lowest BCUT2D eigenvalue weighted by Crippen LogP contribution is -2.35. The summed E-state index contributed by atoms with van der Waals surface area (Å²) in [5.74, 6) is -2.05. The Balaban J connectivity index is 0.000000202. The second-order valence-corrected chi connectivity index (χ2v) is 18.8. The van der Waals surface area contributed by atoms with Crippen molar-refractivity contribution in [2.45, 2.75) is 69.6 Å². The molecule has 0 spiro atoms. The van der Waals surface area contributed by atoms with Crippen molar-refractivity contribution in [3.05, 3.63) is 122 Å². The number of nitrogens with zero attached hydrogens (tertiary/aromatic N) is 2. The molecule has 55 heavy (non-hydrogen) atoms. The lowest BCUT2D eigenvalue weighted by Gasteiger charge is -2.29. The highest BCUT2D eigenvalue weighted by Gasteiger charge is 2.25. The van der Waals surface area contributed by atoms with Gasteiger partial charge in [-0.05, 0) is 90.9 Å². The van der Waals surface area contributed by atoms with E-state index in [0.717, 1.165) is 60.6 Å². The van der Waals surface area contributed by atoms with Crippen molar-refractivity contribution in [3.63, 3.8) is 0 Å². The van der Waals surface area contributed by atoms with Gasteiger partial charge in [0.25, 0.3) is 0 Å². The highest BCUT2D eigenvalue weighted by atomic mass is 35.7. The quantitative estimate of drug-likeness (QED) is 0.125. The molecule has 0 bridgehead atoms. The van der Waals surface area contributed by atoms with Crippen molar-refractivity contribution in [1.29, 1.82) is 0 Å². The first-order chi connectivity index (χ1) is 25.9. The van der Waals surface area contributed by atoms with Gasteiger partial charge < -0.3 is 15.5 Å². The van der Waals surface area contributed by atoms with Gasteiger partial charge in [-0.25, -0.2) is 25.6 Å². The molecule has 0 saturated heterocycles. The van der Waals surface area contributed by atoms with Crippen LogP contribution in [0, 0.1) is 11.6 Å². The van der Waals surface area contributed by atoms with Crippen LogP contribution in [0.3, 0.4) is 0 Å². The number of halogens is 5. The lowest BCUT2D eigenvalue weighted by atomic mass is 9.99. The number of nitrogens with two attached hydrogens (primary N) is 1. The lowest BCUT2D eigenvalue weighted by molar-refractivity contribution is -0.119. The van der Waals surface area contributed by atoms with E-state index in [1.807, 2.05) is 42.2 Å². The van der Waals surface area contributed by atoms with E-state index in [9.17, 15) is 35.2 Å². The summed E-state index contributed by atoms with van der Waals surface area (Å²) >= 11 is 11.2. The number of nitrogen functional groups attached to an aromatic ring is 1. The highest BCUT2D eigenvalue weighted by molar-refractivity contribution is 8.13. The smallest absolute Gasteiger partial charge is 0.236 e. The molecule has 2 aliphatic rings. The van der Waals surface area contributed by atoms with Gasteiger partial charge in [-0.15, -0.1) is 0 Å². The third kappa shape index (κ3) is 12.9. The standard InChI is InChI=1S/C20H21ClFNO3S.C12H16N2O.C7H5Cl2FO2S/c1-2-9-23-19-7-3-14(10-15(19)5-8-20(23)24)12-27(25,26)13-16-4-6-17(21)11-18(16)22;1-2-7-14-11-5-4-10(13)8-9(11)3-6-12(14)15;8-6-2-1-5(7(10)3-6)4-13(9,11)12/h3-4,6-7,10-11H,2,5,8-9,12-13H2,1H3;4-5,8H,2-3,6-7,13H2,1H3;1-3H,4H2. The number of hydrogen-bond acceptors (Lipinski definition) is 7. The number of amides is 2. The zero-order valence-corrected chi connectivity index (χ0v) is 34.2. The fourth-order valence-electron chi connectivity index (χ4n) is 6.23. The molecular formula is C39H42Cl3F2N3O6S2. The first-order valence-corrected chi connectivity index (χ1v) is 22.6. The zero-order chi connectivity index (χ0) is 40.5. The predicted octanol–water partition coefficient (Wildman–Crippen LogP) is 8.79. The van der Waals surface area contributed by atoms with E-state index in [1.165, 1.54) is 29.8 Å². The van der Waals surface area contributed by atoms with Crippen molar-refractivity contribution in [2.75, 3.05) is 28.6 Å². The number of carbonyl (C=O) groups excluding carboxylic acids is 2. The molecule has 4 aromatic carbocycles. The van der Waals surface area contributed by atoms with Gasteiger partial charge in [0.05, 0.1) is 17.3 Å². The van der Waals surface area contributed by atoms with Crippen molar-refractivity contribution >= 4 is 81.6 Å². The van der Waals surface area contributed by atoms with Crippen molar-refractivity contribution in [1.82, 2.24) is 0 Å². The highest BCUT2D eigenvalue weighted by Crippen LogP contribution is 2.31. The molecule has 4 aromatic rings. The van der Waals surface area contributed by atoms with Gasteiger partial charge in [-0.1, -0.05) is 61.3 Å². The van der Waals surface area contributed by atoms with Crippen molar-refractivity contribution in [2.24, 2.45) is 0 Å². The number of hydrogen-bond donors (Lipinski definition) is 1. The van der Waals surface area contributed by atoms with E-state index in [0.29, 0.717) is 31.4 Å². The molecule has 0 radical (unpaired) electrons. The molecule has 0 atom stereocenters. The number of sulfone groups is 1. The molecule has 9 nitrogen and oxygen atoms in total. The molecule has 0 aliphatic carbocycles. The Morgan fingerprint density at radius 3 is 1.58 bits per heavy atom. The van der Waals surface area contributed by atoms with Crippen LogP contribution in [0.2, 0.25) is 10.0 Å². The maximum Gasteiger partial charge on any atom is 0.236 e. The van der Waals surface area contributed by atoms with Gasteiger partial charge in [-0.3, -0.25) is 9.59 Å². The molecule has 6 rings (SSSR count). The van der Waals surface area contributed by atoms with E-state index in [1.54, 1.807) is 11.0 Å². The summed E-state index contributed by atoms with van der Waals surface area (Å²) in [6.45, 7) is 5.55. The molecule has 2 aliphatic heterocycles. The van der Waals surface area contributed by atoms with Crippen molar-refractivity contribution in [3.8, 4) is 0 Å².